The van der Waals surface area contributed by atoms with E-state index in [1.165, 1.54) is 44.3 Å². The fourth-order valence-corrected chi connectivity index (χ4v) is 5.62. The molecule has 0 amide bonds. The van der Waals surface area contributed by atoms with Crippen molar-refractivity contribution in [1.82, 2.24) is 4.90 Å². The normalized spacial score (nSPS) is 21.4. The second-order valence-corrected chi connectivity index (χ2v) is 8.00. The van der Waals surface area contributed by atoms with E-state index in [1.54, 1.807) is 11.3 Å². The zero-order valence-corrected chi connectivity index (χ0v) is 13.7. The monoisotopic (exact) mass is 332 g/mol. The summed E-state index contributed by atoms with van der Waals surface area (Å²) < 4.78 is 1.20. The molecule has 0 radical (unpaired) electrons. The highest BCUT2D eigenvalue weighted by Gasteiger charge is 2.40. The van der Waals surface area contributed by atoms with E-state index in [0.29, 0.717) is 0 Å². The van der Waals surface area contributed by atoms with Crippen LogP contribution in [0.2, 0.25) is 5.02 Å². The Bertz CT molecular complexity index is 817. The SMILES string of the molecule is Clc1ccc(C2=C(C3CC3)SC3=NCCN32)c2ccsc12. The number of hydrogen-bond acceptors (Lipinski definition) is 4. The number of hydrogen-bond donors (Lipinski definition) is 0. The number of amidine groups is 1. The molecule has 0 atom stereocenters. The Morgan fingerprint density at radius 3 is 3.00 bits per heavy atom. The quantitative estimate of drug-likeness (QED) is 0.764. The minimum Gasteiger partial charge on any atom is -0.318 e. The average molecular weight is 333 g/mol. The number of halogens is 1. The summed E-state index contributed by atoms with van der Waals surface area (Å²) >= 11 is 9.97. The van der Waals surface area contributed by atoms with Crippen molar-refractivity contribution in [3.63, 3.8) is 0 Å². The first-order valence-electron chi connectivity index (χ1n) is 7.23. The molecule has 3 aliphatic rings. The summed E-state index contributed by atoms with van der Waals surface area (Å²) in [6, 6.07) is 6.44. The first-order chi connectivity index (χ1) is 10.3. The molecular formula is C16H13ClN2S2. The van der Waals surface area contributed by atoms with Gasteiger partial charge in [-0.1, -0.05) is 29.4 Å². The van der Waals surface area contributed by atoms with Crippen LogP contribution in [-0.4, -0.2) is 23.2 Å². The van der Waals surface area contributed by atoms with Gasteiger partial charge in [0.05, 0.1) is 22.0 Å². The molecule has 0 N–H and O–H groups in total. The van der Waals surface area contributed by atoms with Gasteiger partial charge >= 0.3 is 0 Å². The molecule has 2 nitrogen and oxygen atoms in total. The molecule has 1 saturated carbocycles. The third-order valence-electron chi connectivity index (χ3n) is 4.28. The van der Waals surface area contributed by atoms with Crippen LogP contribution in [-0.2, 0) is 0 Å². The molecule has 1 aliphatic carbocycles. The van der Waals surface area contributed by atoms with Crippen LogP contribution >= 0.6 is 34.7 Å². The van der Waals surface area contributed by atoms with Gasteiger partial charge in [-0.05, 0) is 36.3 Å². The summed E-state index contributed by atoms with van der Waals surface area (Å²) in [7, 11) is 0. The smallest absolute Gasteiger partial charge is 0.168 e. The summed E-state index contributed by atoms with van der Waals surface area (Å²) in [6.45, 7) is 1.94. The largest absolute Gasteiger partial charge is 0.318 e. The number of benzene rings is 1. The molecular weight excluding hydrogens is 320 g/mol. The standard InChI is InChI=1S/C16H13ClN2S2/c17-12-4-3-10(11-5-8-20-15(11)12)13-14(9-1-2-9)21-16-18-6-7-19(13)16/h3-5,8-9H,1-2,6-7H2. The van der Waals surface area contributed by atoms with E-state index in [4.69, 9.17) is 11.6 Å². The van der Waals surface area contributed by atoms with Crippen molar-refractivity contribution in [2.75, 3.05) is 13.1 Å². The predicted molar refractivity (Wildman–Crippen MR) is 93.1 cm³/mol. The lowest BCUT2D eigenvalue weighted by molar-refractivity contribution is 0.646. The third-order valence-corrected chi connectivity index (χ3v) is 6.93. The fraction of sp³-hybridized carbons (Fsp3) is 0.312. The van der Waals surface area contributed by atoms with Gasteiger partial charge in [0.2, 0.25) is 0 Å². The highest BCUT2D eigenvalue weighted by Crippen LogP contribution is 2.53. The van der Waals surface area contributed by atoms with E-state index in [9.17, 15) is 0 Å². The number of allylic oxidation sites excluding steroid dienone is 1. The van der Waals surface area contributed by atoms with E-state index >= 15 is 0 Å². The van der Waals surface area contributed by atoms with Crippen molar-refractivity contribution >= 4 is 55.7 Å². The van der Waals surface area contributed by atoms with Crippen molar-refractivity contribution < 1.29 is 0 Å². The van der Waals surface area contributed by atoms with Gasteiger partial charge in [-0.25, -0.2) is 0 Å². The molecule has 106 valence electrons. The Morgan fingerprint density at radius 2 is 2.14 bits per heavy atom. The van der Waals surface area contributed by atoms with Gasteiger partial charge in [0.25, 0.3) is 0 Å². The minimum absolute atomic E-state index is 0.752. The number of rotatable bonds is 2. The van der Waals surface area contributed by atoms with Crippen molar-refractivity contribution in [2.45, 2.75) is 12.8 Å². The molecule has 0 unspecified atom stereocenters. The van der Waals surface area contributed by atoms with Gasteiger partial charge in [-0.2, -0.15) is 0 Å². The second-order valence-electron chi connectivity index (χ2n) is 5.66. The summed E-state index contributed by atoms with van der Waals surface area (Å²) in [6.07, 6.45) is 2.65. The van der Waals surface area contributed by atoms with Crippen LogP contribution in [0.3, 0.4) is 0 Å². The maximum atomic E-state index is 6.35. The molecule has 1 aromatic heterocycles. The molecule has 0 spiro atoms. The summed E-state index contributed by atoms with van der Waals surface area (Å²) in [4.78, 5) is 8.61. The molecule has 1 fully saturated rings. The molecule has 21 heavy (non-hydrogen) atoms. The van der Waals surface area contributed by atoms with Crippen LogP contribution in [0.15, 0.2) is 33.5 Å². The van der Waals surface area contributed by atoms with Crippen LogP contribution in [0.25, 0.3) is 15.8 Å². The van der Waals surface area contributed by atoms with Crippen LogP contribution in [0.4, 0.5) is 0 Å². The first kappa shape index (κ1) is 12.6. The minimum atomic E-state index is 0.752. The maximum absolute atomic E-state index is 6.35. The molecule has 2 aliphatic heterocycles. The van der Waals surface area contributed by atoms with E-state index in [1.807, 2.05) is 17.8 Å². The molecule has 5 heteroatoms. The molecule has 0 bridgehead atoms. The zero-order chi connectivity index (χ0) is 14.0. The predicted octanol–water partition coefficient (Wildman–Crippen LogP) is 5.05. The molecule has 5 rings (SSSR count). The van der Waals surface area contributed by atoms with Gasteiger partial charge in [-0.3, -0.25) is 4.99 Å². The van der Waals surface area contributed by atoms with Crippen molar-refractivity contribution in [3.05, 3.63) is 39.1 Å². The second kappa shape index (κ2) is 4.51. The van der Waals surface area contributed by atoms with Gasteiger partial charge < -0.3 is 4.90 Å². The van der Waals surface area contributed by atoms with Crippen molar-refractivity contribution in [3.8, 4) is 0 Å². The van der Waals surface area contributed by atoms with E-state index in [2.05, 4.69) is 27.4 Å². The molecule has 0 saturated heterocycles. The summed E-state index contributed by atoms with van der Waals surface area (Å²) in [5.41, 5.74) is 2.73. The van der Waals surface area contributed by atoms with Crippen LogP contribution < -0.4 is 0 Å². The van der Waals surface area contributed by atoms with Gasteiger partial charge in [0.1, 0.15) is 0 Å². The average Bonchev–Trinajstić information content (AvgIpc) is 2.90. The lowest BCUT2D eigenvalue weighted by Gasteiger charge is -2.18. The number of fused-ring (bicyclic) bond motifs is 2. The summed E-state index contributed by atoms with van der Waals surface area (Å²) in [5, 5.41) is 5.48. The molecule has 3 heterocycles. The molecule has 2 aromatic rings. The lowest BCUT2D eigenvalue weighted by atomic mass is 10.0. The topological polar surface area (TPSA) is 15.6 Å². The van der Waals surface area contributed by atoms with Gasteiger partial charge in [0.15, 0.2) is 5.17 Å². The Morgan fingerprint density at radius 1 is 1.24 bits per heavy atom. The fourth-order valence-electron chi connectivity index (χ4n) is 3.14. The Labute approximate surface area is 136 Å². The van der Waals surface area contributed by atoms with Gasteiger partial charge in [0, 0.05) is 22.4 Å². The van der Waals surface area contributed by atoms with E-state index in [-0.39, 0.29) is 0 Å². The van der Waals surface area contributed by atoms with Crippen LogP contribution in [0.5, 0.6) is 0 Å². The van der Waals surface area contributed by atoms with Crippen molar-refractivity contribution in [2.24, 2.45) is 10.9 Å². The highest BCUT2D eigenvalue weighted by atomic mass is 35.5. The van der Waals surface area contributed by atoms with Crippen molar-refractivity contribution in [1.29, 1.82) is 0 Å². The van der Waals surface area contributed by atoms with E-state index in [0.717, 1.165) is 24.0 Å². The zero-order valence-electron chi connectivity index (χ0n) is 11.3. The number of thiophene rings is 1. The highest BCUT2D eigenvalue weighted by molar-refractivity contribution is 8.17. The van der Waals surface area contributed by atoms with Crippen LogP contribution in [0, 0.1) is 5.92 Å². The van der Waals surface area contributed by atoms with Gasteiger partial charge in [-0.15, -0.1) is 11.3 Å². The summed E-state index contributed by atoms with van der Waals surface area (Å²) in [5.74, 6) is 0.752. The third kappa shape index (κ3) is 1.82. The Hall–Kier alpha value is -0.970. The Kier molecular flexibility index (Phi) is 2.70. The maximum Gasteiger partial charge on any atom is 0.168 e. The Balaban J connectivity index is 1.76. The lowest BCUT2D eigenvalue weighted by Crippen LogP contribution is -2.20. The number of thioether (sulfide) groups is 1. The molecule has 1 aromatic carbocycles. The number of nitrogens with zero attached hydrogens (tertiary/aromatic N) is 2. The first-order valence-corrected chi connectivity index (χ1v) is 9.30. The van der Waals surface area contributed by atoms with Crippen LogP contribution in [0.1, 0.15) is 18.4 Å². The van der Waals surface area contributed by atoms with E-state index < -0.39 is 0 Å². The number of aliphatic imine (C=N–C) groups is 1.